The van der Waals surface area contributed by atoms with Crippen LogP contribution in [0.3, 0.4) is 0 Å². The van der Waals surface area contributed by atoms with Gasteiger partial charge in [-0.2, -0.15) is 9.68 Å². The summed E-state index contributed by atoms with van der Waals surface area (Å²) in [6, 6.07) is 25.3. The van der Waals surface area contributed by atoms with Crippen LogP contribution in [0.1, 0.15) is 23.3 Å². The highest BCUT2D eigenvalue weighted by Gasteiger charge is 2.58. The summed E-state index contributed by atoms with van der Waals surface area (Å²) in [5, 5.41) is 10.4. The fourth-order valence-corrected chi connectivity index (χ4v) is 2.95. The molecule has 3 aromatic carbocycles. The van der Waals surface area contributed by atoms with Crippen LogP contribution in [0.25, 0.3) is 0 Å². The van der Waals surface area contributed by atoms with Crippen LogP contribution in [0.15, 0.2) is 91.0 Å². The highest BCUT2D eigenvalue weighted by Crippen LogP contribution is 2.39. The van der Waals surface area contributed by atoms with Gasteiger partial charge in [0, 0.05) is 12.1 Å². The zero-order valence-electron chi connectivity index (χ0n) is 15.3. The molecule has 29 heavy (non-hydrogen) atoms. The maximum absolute atomic E-state index is 12.7. The van der Waals surface area contributed by atoms with Gasteiger partial charge in [0.15, 0.2) is 6.10 Å². The Hall–Kier alpha value is -3.52. The lowest BCUT2D eigenvalue weighted by Gasteiger charge is -2.22. The predicted molar refractivity (Wildman–Crippen MR) is 102 cm³/mol. The third-order valence-electron chi connectivity index (χ3n) is 4.39. The molecule has 0 amide bonds. The van der Waals surface area contributed by atoms with Crippen molar-refractivity contribution in [2.24, 2.45) is 0 Å². The summed E-state index contributed by atoms with van der Waals surface area (Å²) >= 11 is 0. The number of carbonyl (C=O) groups excluding carboxylic acids is 2. The van der Waals surface area contributed by atoms with E-state index in [4.69, 9.17) is 14.5 Å². The smallest absolute Gasteiger partial charge is 0.377 e. The second-order valence-electron chi connectivity index (χ2n) is 6.36. The van der Waals surface area contributed by atoms with E-state index >= 15 is 0 Å². The minimum absolute atomic E-state index is 0.257. The molecule has 0 saturated carbocycles. The van der Waals surface area contributed by atoms with Crippen LogP contribution >= 0.6 is 0 Å². The van der Waals surface area contributed by atoms with Crippen molar-refractivity contribution in [1.29, 1.82) is 0 Å². The molecule has 7 heteroatoms. The van der Waals surface area contributed by atoms with Crippen molar-refractivity contribution in [2.45, 2.75) is 12.2 Å². The van der Waals surface area contributed by atoms with Gasteiger partial charge in [0.2, 0.25) is 4.97 Å². The van der Waals surface area contributed by atoms with Crippen LogP contribution in [0.4, 0.5) is 5.69 Å². The topological polar surface area (TPSA) is 82.1 Å². The Kier molecular flexibility index (Phi) is 5.09. The van der Waals surface area contributed by atoms with Gasteiger partial charge in [-0.05, 0) is 11.1 Å². The molecule has 0 spiro atoms. The summed E-state index contributed by atoms with van der Waals surface area (Å²) < 4.78 is 0. The maximum atomic E-state index is 12.7. The third-order valence-corrected chi connectivity index (χ3v) is 4.39. The number of aliphatic hydroxyl groups is 1. The van der Waals surface area contributed by atoms with E-state index in [2.05, 4.69) is 0 Å². The molecular weight excluding hydrogens is 374 g/mol. The molecule has 1 saturated heterocycles. The fourth-order valence-electron chi connectivity index (χ4n) is 2.95. The van der Waals surface area contributed by atoms with E-state index in [1.54, 1.807) is 91.0 Å². The molecule has 7 nitrogen and oxygen atoms in total. The van der Waals surface area contributed by atoms with Crippen molar-refractivity contribution in [2.75, 3.05) is 0 Å². The predicted octanol–water partition coefficient (Wildman–Crippen LogP) is 3.33. The molecule has 1 aliphatic rings. The lowest BCUT2D eigenvalue weighted by molar-refractivity contribution is -0.443. The largest absolute Gasteiger partial charge is 0.417 e. The quantitative estimate of drug-likeness (QED) is 0.671. The zero-order valence-corrected chi connectivity index (χ0v) is 15.3. The summed E-state index contributed by atoms with van der Waals surface area (Å²) in [6.45, 7) is 0. The van der Waals surface area contributed by atoms with E-state index < -0.39 is 29.1 Å². The van der Waals surface area contributed by atoms with Crippen LogP contribution in [-0.2, 0) is 24.1 Å². The van der Waals surface area contributed by atoms with E-state index in [0.717, 1.165) is 0 Å². The first-order valence-electron chi connectivity index (χ1n) is 8.97. The molecule has 1 fully saturated rings. The van der Waals surface area contributed by atoms with E-state index in [-0.39, 0.29) is 5.69 Å². The molecule has 1 heterocycles. The van der Waals surface area contributed by atoms with Crippen molar-refractivity contribution < 1.29 is 29.2 Å². The number of rotatable bonds is 5. The van der Waals surface area contributed by atoms with Crippen LogP contribution in [-0.4, -0.2) is 17.0 Å². The van der Waals surface area contributed by atoms with E-state index in [1.807, 2.05) is 0 Å². The van der Waals surface area contributed by atoms with Crippen LogP contribution in [0, 0.1) is 0 Å². The molecule has 0 aromatic heterocycles. The average molecular weight is 392 g/mol. The number of nitrogens with zero attached hydrogens (tertiary/aromatic N) is 1. The fraction of sp³-hybridized carbons (Fsp3) is 0.0909. The van der Waals surface area contributed by atoms with Gasteiger partial charge < -0.3 is 5.11 Å². The number of carbonyl (C=O) groups is 2. The summed E-state index contributed by atoms with van der Waals surface area (Å²) in [6.07, 6.45) is -2.67. The molecule has 1 N–H and O–H groups in total. The van der Waals surface area contributed by atoms with Crippen molar-refractivity contribution in [3.63, 3.8) is 0 Å². The van der Waals surface area contributed by atoms with Gasteiger partial charge in [-0.1, -0.05) is 83.7 Å². The normalized spacial score (nSPS) is 22.0. The maximum Gasteiger partial charge on any atom is 0.417 e. The molecule has 1 aliphatic heterocycles. The minimum atomic E-state index is -1.58. The average Bonchev–Trinajstić information content (AvgIpc) is 3.12. The summed E-state index contributed by atoms with van der Waals surface area (Å²) in [5.74, 6) is -1.75. The Morgan fingerprint density at radius 1 is 0.897 bits per heavy atom. The first kappa shape index (κ1) is 18.8. The Bertz CT molecular complexity index is 996. The summed E-state index contributed by atoms with van der Waals surface area (Å²) in [5.41, 5.74) is 1.15. The van der Waals surface area contributed by atoms with Crippen molar-refractivity contribution in [3.05, 3.63) is 102 Å². The molecular formula is C22H18NO6+. The third kappa shape index (κ3) is 3.74. The van der Waals surface area contributed by atoms with Gasteiger partial charge in [-0.3, -0.25) is 0 Å². The summed E-state index contributed by atoms with van der Waals surface area (Å²) in [7, 11) is 0. The molecule has 3 atom stereocenters. The number of hydrogen-bond acceptors (Lipinski definition) is 6. The van der Waals surface area contributed by atoms with E-state index in [0.29, 0.717) is 11.1 Å². The van der Waals surface area contributed by atoms with E-state index in [1.165, 1.54) is 0 Å². The highest BCUT2D eigenvalue weighted by atomic mass is 17.2. The van der Waals surface area contributed by atoms with Gasteiger partial charge >= 0.3 is 11.9 Å². The molecule has 3 unspecified atom stereocenters. The first-order valence-corrected chi connectivity index (χ1v) is 8.97. The molecule has 3 aromatic rings. The van der Waals surface area contributed by atoms with Crippen LogP contribution < -0.4 is 4.97 Å². The number of aliphatic hydroxyl groups excluding tert-OH is 1. The highest BCUT2D eigenvalue weighted by molar-refractivity contribution is 5.80. The minimum Gasteiger partial charge on any atom is -0.377 e. The van der Waals surface area contributed by atoms with Gasteiger partial charge in [-0.15, -0.1) is 0 Å². The van der Waals surface area contributed by atoms with E-state index in [9.17, 15) is 14.7 Å². The lowest BCUT2D eigenvalue weighted by Crippen LogP contribution is -2.47. The summed E-state index contributed by atoms with van der Waals surface area (Å²) in [4.78, 5) is 40.6. The first-order chi connectivity index (χ1) is 14.1. The second kappa shape index (κ2) is 7.84. The standard InChI is InChI=1S/C22H18NO6/c24-19(16-10-4-1-5-11-16)21(25)28-23(18-14-8-3-9-15-18)27-20(22(26)29-23)17-12-6-2-7-13-17/h1-15,19-20,24H/q+1. The Balaban J connectivity index is 1.66. The number of hydrogen-bond donors (Lipinski definition) is 1. The molecule has 0 aliphatic carbocycles. The Morgan fingerprint density at radius 3 is 2.07 bits per heavy atom. The monoisotopic (exact) mass is 392 g/mol. The molecule has 0 radical (unpaired) electrons. The van der Waals surface area contributed by atoms with Gasteiger partial charge in [-0.25, -0.2) is 9.59 Å². The Labute approximate surface area is 166 Å². The van der Waals surface area contributed by atoms with Crippen molar-refractivity contribution in [1.82, 2.24) is 4.97 Å². The van der Waals surface area contributed by atoms with Gasteiger partial charge in [0.1, 0.15) is 0 Å². The van der Waals surface area contributed by atoms with Crippen LogP contribution in [0.2, 0.25) is 0 Å². The lowest BCUT2D eigenvalue weighted by atomic mass is 10.1. The molecule has 146 valence electrons. The number of quaternary nitrogens is 1. The zero-order chi connectivity index (χ0) is 20.3. The molecule has 4 rings (SSSR count). The van der Waals surface area contributed by atoms with Gasteiger partial charge in [0.05, 0.1) is 0 Å². The molecule has 0 bridgehead atoms. The van der Waals surface area contributed by atoms with Crippen molar-refractivity contribution >= 4 is 17.6 Å². The van der Waals surface area contributed by atoms with Crippen LogP contribution in [0.5, 0.6) is 0 Å². The number of benzene rings is 3. The second-order valence-corrected chi connectivity index (χ2v) is 6.36. The van der Waals surface area contributed by atoms with Crippen molar-refractivity contribution in [3.8, 4) is 0 Å². The SMILES string of the molecule is O=C(O[N+]1(c2ccccc2)OC(=O)C(c2ccccc2)O1)C(O)c1ccccc1. The Morgan fingerprint density at radius 2 is 1.45 bits per heavy atom. The van der Waals surface area contributed by atoms with Gasteiger partial charge in [0.25, 0.3) is 11.8 Å².